The van der Waals surface area contributed by atoms with Gasteiger partial charge in [0.05, 0.1) is 5.56 Å². The molecule has 0 aliphatic heterocycles. The molecule has 5 heteroatoms. The Balaban J connectivity index is 2.80. The van der Waals surface area contributed by atoms with Crippen LogP contribution in [0.3, 0.4) is 0 Å². The van der Waals surface area contributed by atoms with Gasteiger partial charge in [0.1, 0.15) is 0 Å². The Morgan fingerprint density at radius 1 is 1.44 bits per heavy atom. The number of pyridine rings is 1. The van der Waals surface area contributed by atoms with Gasteiger partial charge in [0.15, 0.2) is 0 Å². The lowest BCUT2D eigenvalue weighted by Gasteiger charge is -2.21. The van der Waals surface area contributed by atoms with Crippen LogP contribution in [0.15, 0.2) is 23.1 Å². The van der Waals surface area contributed by atoms with E-state index in [-0.39, 0.29) is 30.0 Å². The second-order valence-electron chi connectivity index (χ2n) is 4.70. The number of rotatable bonds is 5. The summed E-state index contributed by atoms with van der Waals surface area (Å²) in [5.41, 5.74) is 0.294. The molecule has 0 aliphatic carbocycles. The number of nitrogens with zero attached hydrogens (tertiary/aromatic N) is 1. The van der Waals surface area contributed by atoms with Gasteiger partial charge in [-0.15, -0.1) is 0 Å². The van der Waals surface area contributed by atoms with Crippen molar-refractivity contribution in [2.75, 3.05) is 6.61 Å². The van der Waals surface area contributed by atoms with Crippen LogP contribution in [0.4, 0.5) is 0 Å². The Morgan fingerprint density at radius 2 is 2.11 bits per heavy atom. The number of carbonyl (C=O) groups excluding carboxylic acids is 1. The van der Waals surface area contributed by atoms with Gasteiger partial charge >= 0.3 is 0 Å². The zero-order chi connectivity index (χ0) is 13.7. The Morgan fingerprint density at radius 3 is 2.61 bits per heavy atom. The zero-order valence-corrected chi connectivity index (χ0v) is 11.0. The molecule has 1 heterocycles. The Bertz CT molecular complexity index is 466. The average molecular weight is 252 g/mol. The molecule has 1 rings (SSSR count). The number of hydrogen-bond acceptors (Lipinski definition) is 3. The Hall–Kier alpha value is -1.62. The molecule has 1 aromatic rings. The third-order valence-electron chi connectivity index (χ3n) is 2.91. The minimum Gasteiger partial charge on any atom is -0.396 e. The van der Waals surface area contributed by atoms with E-state index in [9.17, 15) is 9.59 Å². The van der Waals surface area contributed by atoms with Crippen molar-refractivity contribution < 1.29 is 9.90 Å². The fraction of sp³-hybridized carbons (Fsp3) is 0.538. The topological polar surface area (TPSA) is 71.3 Å². The highest BCUT2D eigenvalue weighted by molar-refractivity contribution is 5.94. The molecular weight excluding hydrogens is 232 g/mol. The summed E-state index contributed by atoms with van der Waals surface area (Å²) < 4.78 is 1.37. The van der Waals surface area contributed by atoms with E-state index in [1.165, 1.54) is 22.9 Å². The maximum Gasteiger partial charge on any atom is 0.252 e. The predicted molar refractivity (Wildman–Crippen MR) is 69.5 cm³/mol. The van der Waals surface area contributed by atoms with Gasteiger partial charge in [0.25, 0.3) is 5.91 Å². The van der Waals surface area contributed by atoms with Crippen molar-refractivity contribution in [1.82, 2.24) is 9.88 Å². The molecule has 0 spiro atoms. The van der Waals surface area contributed by atoms with Gasteiger partial charge in [-0.05, 0) is 18.4 Å². The summed E-state index contributed by atoms with van der Waals surface area (Å²) in [5.74, 6) is 0.0198. The minimum absolute atomic E-state index is 0.0381. The van der Waals surface area contributed by atoms with E-state index in [0.717, 1.165) is 0 Å². The molecule has 0 radical (unpaired) electrons. The van der Waals surface area contributed by atoms with Gasteiger partial charge in [0.2, 0.25) is 5.56 Å². The number of carbonyl (C=O) groups is 1. The first-order valence-corrected chi connectivity index (χ1v) is 6.04. The first-order valence-electron chi connectivity index (χ1n) is 6.04. The zero-order valence-electron chi connectivity index (χ0n) is 11.0. The molecule has 0 fully saturated rings. The van der Waals surface area contributed by atoms with Crippen molar-refractivity contribution in [2.45, 2.75) is 26.3 Å². The molecule has 1 unspecified atom stereocenters. The SMILES string of the molecule is CC(C)C(CCO)NC(=O)c1ccc(=O)n(C)c1. The van der Waals surface area contributed by atoms with Crippen LogP contribution in [-0.2, 0) is 7.05 Å². The molecular formula is C13H20N2O3. The monoisotopic (exact) mass is 252 g/mol. The Kier molecular flexibility index (Phi) is 5.09. The van der Waals surface area contributed by atoms with Gasteiger partial charge in [-0.3, -0.25) is 9.59 Å². The standard InChI is InChI=1S/C13H20N2O3/c1-9(2)11(6-7-16)14-13(18)10-4-5-12(17)15(3)8-10/h4-5,8-9,11,16H,6-7H2,1-3H3,(H,14,18). The van der Waals surface area contributed by atoms with E-state index in [2.05, 4.69) is 5.32 Å². The molecule has 100 valence electrons. The molecule has 0 aliphatic rings. The second-order valence-corrected chi connectivity index (χ2v) is 4.70. The van der Waals surface area contributed by atoms with Crippen LogP contribution < -0.4 is 10.9 Å². The molecule has 0 bridgehead atoms. The summed E-state index contributed by atoms with van der Waals surface area (Å²) in [5, 5.41) is 11.8. The van der Waals surface area contributed by atoms with Crippen molar-refractivity contribution in [1.29, 1.82) is 0 Å². The van der Waals surface area contributed by atoms with E-state index in [0.29, 0.717) is 12.0 Å². The van der Waals surface area contributed by atoms with Crippen LogP contribution in [0.2, 0.25) is 0 Å². The quantitative estimate of drug-likeness (QED) is 0.802. The molecule has 5 nitrogen and oxygen atoms in total. The first-order chi connectivity index (χ1) is 8.45. The summed E-state index contributed by atoms with van der Waals surface area (Å²) in [7, 11) is 1.60. The number of hydrogen-bond donors (Lipinski definition) is 2. The normalized spacial score (nSPS) is 12.5. The first kappa shape index (κ1) is 14.4. The summed E-state index contributed by atoms with van der Waals surface area (Å²) in [4.78, 5) is 23.2. The smallest absolute Gasteiger partial charge is 0.252 e. The van der Waals surface area contributed by atoms with E-state index < -0.39 is 0 Å². The van der Waals surface area contributed by atoms with Crippen LogP contribution in [-0.4, -0.2) is 28.2 Å². The fourth-order valence-corrected chi connectivity index (χ4v) is 1.69. The van der Waals surface area contributed by atoms with Crippen molar-refractivity contribution in [3.05, 3.63) is 34.2 Å². The number of nitrogens with one attached hydrogen (secondary N) is 1. The van der Waals surface area contributed by atoms with Gasteiger partial charge < -0.3 is 15.0 Å². The van der Waals surface area contributed by atoms with Crippen molar-refractivity contribution >= 4 is 5.91 Å². The van der Waals surface area contributed by atoms with Gasteiger partial charge in [-0.2, -0.15) is 0 Å². The number of amides is 1. The van der Waals surface area contributed by atoms with E-state index in [1.807, 2.05) is 13.8 Å². The van der Waals surface area contributed by atoms with Gasteiger partial charge in [-0.1, -0.05) is 13.8 Å². The highest BCUT2D eigenvalue weighted by atomic mass is 16.3. The maximum atomic E-state index is 12.0. The van der Waals surface area contributed by atoms with Crippen molar-refractivity contribution in [2.24, 2.45) is 13.0 Å². The van der Waals surface area contributed by atoms with Crippen molar-refractivity contribution in [3.63, 3.8) is 0 Å². The van der Waals surface area contributed by atoms with E-state index >= 15 is 0 Å². The summed E-state index contributed by atoms with van der Waals surface area (Å²) >= 11 is 0. The second kappa shape index (κ2) is 6.35. The average Bonchev–Trinajstić information content (AvgIpc) is 2.31. The molecule has 1 aromatic heterocycles. The lowest BCUT2D eigenvalue weighted by Crippen LogP contribution is -2.39. The van der Waals surface area contributed by atoms with Crippen molar-refractivity contribution in [3.8, 4) is 0 Å². The minimum atomic E-state index is -0.224. The van der Waals surface area contributed by atoms with Crippen LogP contribution in [0.5, 0.6) is 0 Å². The van der Waals surface area contributed by atoms with Crippen LogP contribution in [0.25, 0.3) is 0 Å². The number of aryl methyl sites for hydroxylation is 1. The summed E-state index contributed by atoms with van der Waals surface area (Å²) in [6.45, 7) is 4.01. The molecule has 0 saturated carbocycles. The van der Waals surface area contributed by atoms with Crippen LogP contribution in [0, 0.1) is 5.92 Å². The third-order valence-corrected chi connectivity index (χ3v) is 2.91. The highest BCUT2D eigenvalue weighted by Crippen LogP contribution is 2.07. The molecule has 1 amide bonds. The highest BCUT2D eigenvalue weighted by Gasteiger charge is 2.16. The molecule has 1 atom stereocenters. The van der Waals surface area contributed by atoms with Crippen LogP contribution in [0.1, 0.15) is 30.6 Å². The van der Waals surface area contributed by atoms with Crippen LogP contribution >= 0.6 is 0 Å². The molecule has 0 aromatic carbocycles. The molecule has 0 saturated heterocycles. The predicted octanol–water partition coefficient (Wildman–Crippen LogP) is 0.522. The lowest BCUT2D eigenvalue weighted by molar-refractivity contribution is 0.0916. The number of aliphatic hydroxyl groups excluding tert-OH is 1. The maximum absolute atomic E-state index is 12.0. The number of aromatic nitrogens is 1. The molecule has 2 N–H and O–H groups in total. The number of aliphatic hydroxyl groups is 1. The fourth-order valence-electron chi connectivity index (χ4n) is 1.69. The summed E-state index contributed by atoms with van der Waals surface area (Å²) in [6, 6.07) is 2.80. The Labute approximate surface area is 106 Å². The largest absolute Gasteiger partial charge is 0.396 e. The molecule has 18 heavy (non-hydrogen) atoms. The lowest BCUT2D eigenvalue weighted by atomic mass is 10.0. The van der Waals surface area contributed by atoms with E-state index in [1.54, 1.807) is 7.05 Å². The summed E-state index contributed by atoms with van der Waals surface area (Å²) in [6.07, 6.45) is 2.03. The van der Waals surface area contributed by atoms with Gasteiger partial charge in [0, 0.05) is 32.0 Å². The third kappa shape index (κ3) is 3.70. The van der Waals surface area contributed by atoms with Gasteiger partial charge in [-0.25, -0.2) is 0 Å². The van der Waals surface area contributed by atoms with E-state index in [4.69, 9.17) is 5.11 Å².